The summed E-state index contributed by atoms with van der Waals surface area (Å²) >= 11 is 0. The van der Waals surface area contributed by atoms with Crippen molar-refractivity contribution < 1.29 is 23.9 Å². The second-order valence-electron chi connectivity index (χ2n) is 9.54. The number of amides is 2. The number of ether oxygens (including phenoxy) is 1. The molecule has 0 unspecified atom stereocenters. The summed E-state index contributed by atoms with van der Waals surface area (Å²) < 4.78 is 21.7. The zero-order chi connectivity index (χ0) is 25.2. The van der Waals surface area contributed by atoms with Crippen LogP contribution in [0.5, 0.6) is 0 Å². The molecule has 0 spiro atoms. The predicted molar refractivity (Wildman–Crippen MR) is 133 cm³/mol. The molecule has 2 amide bonds. The monoisotopic (exact) mass is 494 g/mol. The molecule has 2 aliphatic heterocycles. The minimum Gasteiger partial charge on any atom is -0.383 e. The maximum Gasteiger partial charge on any atom is 0.274 e. The summed E-state index contributed by atoms with van der Waals surface area (Å²) in [6, 6.07) is 11.9. The molecule has 3 heterocycles. The molecule has 1 aromatic heterocycles. The van der Waals surface area contributed by atoms with Crippen LogP contribution < -0.4 is 5.48 Å². The Morgan fingerprint density at radius 2 is 1.97 bits per heavy atom. The first-order chi connectivity index (χ1) is 17.5. The summed E-state index contributed by atoms with van der Waals surface area (Å²) in [6.45, 7) is 4.26. The lowest BCUT2D eigenvalue weighted by Gasteiger charge is -2.31. The van der Waals surface area contributed by atoms with Gasteiger partial charge in [-0.05, 0) is 55.3 Å². The molecule has 8 nitrogen and oxygen atoms in total. The van der Waals surface area contributed by atoms with Gasteiger partial charge in [0.25, 0.3) is 11.8 Å². The van der Waals surface area contributed by atoms with Crippen LogP contribution >= 0.6 is 0 Å². The number of likely N-dealkylation sites (tertiary alicyclic amines) is 1. The Bertz CT molecular complexity index is 1270. The van der Waals surface area contributed by atoms with Gasteiger partial charge in [-0.2, -0.15) is 0 Å². The van der Waals surface area contributed by atoms with Crippen LogP contribution in [0, 0.1) is 5.82 Å². The minimum absolute atomic E-state index is 0.0527. The van der Waals surface area contributed by atoms with Gasteiger partial charge in [0, 0.05) is 67.9 Å². The first-order valence-corrected chi connectivity index (χ1v) is 12.4. The van der Waals surface area contributed by atoms with Crippen molar-refractivity contribution >= 4 is 22.7 Å². The lowest BCUT2D eigenvalue weighted by Crippen LogP contribution is -2.44. The molecular formula is C27H31FN4O4. The topological polar surface area (TPSA) is 87.0 Å². The van der Waals surface area contributed by atoms with E-state index in [0.717, 1.165) is 42.7 Å². The largest absolute Gasteiger partial charge is 0.383 e. The van der Waals surface area contributed by atoms with E-state index in [4.69, 9.17) is 9.94 Å². The van der Waals surface area contributed by atoms with Gasteiger partial charge in [0.2, 0.25) is 0 Å². The number of nitrogens with zero attached hydrogens (tertiary/aromatic N) is 3. The fourth-order valence-electron chi connectivity index (χ4n) is 5.60. The van der Waals surface area contributed by atoms with Crippen LogP contribution in [0.25, 0.3) is 10.9 Å². The van der Waals surface area contributed by atoms with Crippen LogP contribution in [-0.2, 0) is 17.7 Å². The highest BCUT2D eigenvalue weighted by Crippen LogP contribution is 2.32. The van der Waals surface area contributed by atoms with Crippen LogP contribution in [0.2, 0.25) is 0 Å². The molecule has 0 aliphatic carbocycles. The molecule has 190 valence electrons. The molecular weight excluding hydrogens is 463 g/mol. The smallest absolute Gasteiger partial charge is 0.274 e. The van der Waals surface area contributed by atoms with E-state index in [1.165, 1.54) is 12.1 Å². The summed E-state index contributed by atoms with van der Waals surface area (Å²) in [5.74, 6) is -0.997. The fourth-order valence-corrected chi connectivity index (χ4v) is 5.60. The van der Waals surface area contributed by atoms with Crippen molar-refractivity contribution in [3.8, 4) is 0 Å². The SMILES string of the molecule is COC[C@@H]1CCCN1CCN1CCc2c(c3cc(F)ccc3n2Cc2ccc(C(=O)NO)cc2)C1=O. The zero-order valence-electron chi connectivity index (χ0n) is 20.4. The quantitative estimate of drug-likeness (QED) is 0.371. The van der Waals surface area contributed by atoms with Gasteiger partial charge >= 0.3 is 0 Å². The zero-order valence-corrected chi connectivity index (χ0v) is 20.4. The number of hydrogen-bond acceptors (Lipinski definition) is 5. The van der Waals surface area contributed by atoms with Crippen molar-refractivity contribution in [2.75, 3.05) is 39.9 Å². The predicted octanol–water partition coefficient (Wildman–Crippen LogP) is 3.06. The van der Waals surface area contributed by atoms with E-state index in [9.17, 15) is 14.0 Å². The molecule has 0 saturated carbocycles. The number of halogens is 1. The molecule has 0 bridgehead atoms. The van der Waals surface area contributed by atoms with Crippen LogP contribution in [0.15, 0.2) is 42.5 Å². The molecule has 9 heteroatoms. The first-order valence-electron chi connectivity index (χ1n) is 12.4. The van der Waals surface area contributed by atoms with Gasteiger partial charge in [0.1, 0.15) is 5.82 Å². The molecule has 2 aromatic carbocycles. The van der Waals surface area contributed by atoms with Gasteiger partial charge < -0.3 is 14.2 Å². The van der Waals surface area contributed by atoms with E-state index in [1.54, 1.807) is 30.8 Å². The van der Waals surface area contributed by atoms with Gasteiger partial charge in [0.15, 0.2) is 0 Å². The average Bonchev–Trinajstić information content (AvgIpc) is 3.46. The van der Waals surface area contributed by atoms with E-state index in [-0.39, 0.29) is 11.7 Å². The highest BCUT2D eigenvalue weighted by atomic mass is 19.1. The lowest BCUT2D eigenvalue weighted by molar-refractivity contribution is 0.0686. The van der Waals surface area contributed by atoms with Gasteiger partial charge in [-0.1, -0.05) is 12.1 Å². The van der Waals surface area contributed by atoms with Crippen molar-refractivity contribution in [1.82, 2.24) is 19.8 Å². The molecule has 2 aliphatic rings. The van der Waals surface area contributed by atoms with E-state index in [1.807, 2.05) is 17.0 Å². The Labute approximate surface area is 209 Å². The molecule has 0 radical (unpaired) electrons. The number of carbonyl (C=O) groups excluding carboxylic acids is 2. The van der Waals surface area contributed by atoms with Crippen molar-refractivity contribution in [2.45, 2.75) is 31.8 Å². The molecule has 36 heavy (non-hydrogen) atoms. The Hall–Kier alpha value is -3.27. The molecule has 5 rings (SSSR count). The normalized spacial score (nSPS) is 18.1. The van der Waals surface area contributed by atoms with Crippen molar-refractivity contribution in [1.29, 1.82) is 0 Å². The van der Waals surface area contributed by atoms with Gasteiger partial charge in [-0.25, -0.2) is 9.87 Å². The first kappa shape index (κ1) is 24.4. The van der Waals surface area contributed by atoms with Crippen LogP contribution in [0.1, 0.15) is 44.8 Å². The Kier molecular flexibility index (Phi) is 7.04. The average molecular weight is 495 g/mol. The van der Waals surface area contributed by atoms with Crippen LogP contribution in [0.3, 0.4) is 0 Å². The minimum atomic E-state index is -0.575. The van der Waals surface area contributed by atoms with Crippen molar-refractivity contribution in [3.05, 3.63) is 70.7 Å². The number of hydroxylamine groups is 1. The number of hydrogen-bond donors (Lipinski definition) is 2. The molecule has 1 atom stereocenters. The standard InChI is InChI=1S/C27H31FN4O4/c1-36-17-21-3-2-11-30(21)13-14-31-12-10-24-25(27(31)34)22-15-20(28)8-9-23(22)32(24)16-18-4-6-19(7-5-18)26(33)29-35/h4-9,15,21,35H,2-3,10-14,16-17H2,1H3,(H,29,33)/t21-/m0/s1. The molecule has 1 fully saturated rings. The summed E-state index contributed by atoms with van der Waals surface area (Å²) in [5.41, 5.74) is 5.22. The van der Waals surface area contributed by atoms with E-state index < -0.39 is 5.91 Å². The number of aromatic nitrogens is 1. The number of nitrogens with one attached hydrogen (secondary N) is 1. The second-order valence-corrected chi connectivity index (χ2v) is 9.54. The molecule has 1 saturated heterocycles. The highest BCUT2D eigenvalue weighted by Gasteiger charge is 2.32. The summed E-state index contributed by atoms with van der Waals surface area (Å²) in [7, 11) is 1.72. The van der Waals surface area contributed by atoms with E-state index >= 15 is 0 Å². The number of benzene rings is 2. The summed E-state index contributed by atoms with van der Waals surface area (Å²) in [6.07, 6.45) is 2.94. The maximum atomic E-state index is 14.3. The Morgan fingerprint density at radius 3 is 2.72 bits per heavy atom. The Morgan fingerprint density at radius 1 is 1.17 bits per heavy atom. The van der Waals surface area contributed by atoms with Gasteiger partial charge in [-0.3, -0.25) is 19.7 Å². The maximum absolute atomic E-state index is 14.3. The van der Waals surface area contributed by atoms with Gasteiger partial charge in [-0.15, -0.1) is 0 Å². The third-order valence-electron chi connectivity index (χ3n) is 7.43. The third kappa shape index (κ3) is 4.61. The summed E-state index contributed by atoms with van der Waals surface area (Å²) in [4.78, 5) is 29.6. The van der Waals surface area contributed by atoms with Gasteiger partial charge in [0.05, 0.1) is 12.2 Å². The third-order valence-corrected chi connectivity index (χ3v) is 7.43. The number of rotatable bonds is 8. The van der Waals surface area contributed by atoms with E-state index in [0.29, 0.717) is 55.2 Å². The van der Waals surface area contributed by atoms with Crippen LogP contribution in [-0.4, -0.2) is 77.3 Å². The summed E-state index contributed by atoms with van der Waals surface area (Å²) in [5, 5.41) is 9.48. The number of carbonyl (C=O) groups is 2. The van der Waals surface area contributed by atoms with E-state index in [2.05, 4.69) is 9.47 Å². The molecule has 3 aromatic rings. The lowest BCUT2D eigenvalue weighted by atomic mass is 10.0. The number of methoxy groups -OCH3 is 1. The van der Waals surface area contributed by atoms with Crippen LogP contribution in [0.4, 0.5) is 4.39 Å². The van der Waals surface area contributed by atoms with Crippen molar-refractivity contribution in [2.24, 2.45) is 0 Å². The Balaban J connectivity index is 1.41. The van der Waals surface area contributed by atoms with Crippen molar-refractivity contribution in [3.63, 3.8) is 0 Å². The highest BCUT2D eigenvalue weighted by molar-refractivity contribution is 6.09. The molecule has 2 N–H and O–H groups in total. The second kappa shape index (κ2) is 10.4. The fraction of sp³-hybridized carbons (Fsp3) is 0.407. The number of fused-ring (bicyclic) bond motifs is 3.